The molecule has 4 aromatic rings. The number of urea groups is 1. The predicted octanol–water partition coefficient (Wildman–Crippen LogP) is 7.20. The quantitative estimate of drug-likeness (QED) is 0.316. The molecule has 2 amide bonds. The molecule has 2 N–H and O–H groups in total. The monoisotopic (exact) mass is 461 g/mol. The number of rotatable bonds is 4. The highest BCUT2D eigenvalue weighted by Gasteiger charge is 2.31. The second kappa shape index (κ2) is 8.46. The SMILES string of the molecule is Cc1nc2cc(Oc3ccc(NC(=O)Nc4cc(C(F)(F)F)ccc4F)cc3)ccc2s1. The lowest BCUT2D eigenvalue weighted by atomic mass is 10.2. The summed E-state index contributed by atoms with van der Waals surface area (Å²) in [4.78, 5) is 16.5. The Balaban J connectivity index is 1.40. The summed E-state index contributed by atoms with van der Waals surface area (Å²) >= 11 is 1.59. The van der Waals surface area contributed by atoms with Gasteiger partial charge in [-0.15, -0.1) is 11.3 Å². The van der Waals surface area contributed by atoms with Gasteiger partial charge >= 0.3 is 12.2 Å². The van der Waals surface area contributed by atoms with Crippen LogP contribution in [-0.4, -0.2) is 11.0 Å². The zero-order valence-corrected chi connectivity index (χ0v) is 17.3. The van der Waals surface area contributed by atoms with Gasteiger partial charge in [-0.2, -0.15) is 13.2 Å². The second-order valence-electron chi connectivity index (χ2n) is 6.76. The molecule has 164 valence electrons. The number of hydrogen-bond donors (Lipinski definition) is 2. The molecule has 0 bridgehead atoms. The number of nitrogens with zero attached hydrogens (tertiary/aromatic N) is 1. The van der Waals surface area contributed by atoms with E-state index in [0.717, 1.165) is 15.2 Å². The Labute approximate surface area is 183 Å². The Morgan fingerprint density at radius 2 is 1.69 bits per heavy atom. The number of halogens is 4. The zero-order valence-electron chi connectivity index (χ0n) is 16.5. The van der Waals surface area contributed by atoms with Crippen LogP contribution in [0.25, 0.3) is 10.2 Å². The third-order valence-electron chi connectivity index (χ3n) is 4.36. The number of amides is 2. The Kier molecular flexibility index (Phi) is 5.70. The van der Waals surface area contributed by atoms with Crippen molar-refractivity contribution in [3.63, 3.8) is 0 Å². The van der Waals surface area contributed by atoms with Gasteiger partial charge in [-0.05, 0) is 61.5 Å². The summed E-state index contributed by atoms with van der Waals surface area (Å²) in [5.74, 6) is 0.122. The van der Waals surface area contributed by atoms with E-state index in [1.165, 1.54) is 0 Å². The Hall–Kier alpha value is -3.66. The Morgan fingerprint density at radius 1 is 0.969 bits per heavy atom. The van der Waals surface area contributed by atoms with Crippen molar-refractivity contribution >= 4 is 39.0 Å². The van der Waals surface area contributed by atoms with Gasteiger partial charge in [-0.3, -0.25) is 0 Å². The average molecular weight is 461 g/mol. The first-order chi connectivity index (χ1) is 15.2. The number of hydrogen-bond acceptors (Lipinski definition) is 4. The van der Waals surface area contributed by atoms with Crippen LogP contribution >= 0.6 is 11.3 Å². The molecule has 0 atom stereocenters. The number of aromatic nitrogens is 1. The van der Waals surface area contributed by atoms with Crippen molar-refractivity contribution < 1.29 is 27.1 Å². The van der Waals surface area contributed by atoms with Crippen molar-refractivity contribution in [3.05, 3.63) is 77.1 Å². The molecule has 10 heteroatoms. The minimum absolute atomic E-state index is 0.341. The third kappa shape index (κ3) is 4.97. The van der Waals surface area contributed by atoms with Crippen molar-refractivity contribution in [2.45, 2.75) is 13.1 Å². The summed E-state index contributed by atoms with van der Waals surface area (Å²) in [6.07, 6.45) is -4.65. The number of carbonyl (C=O) groups excluding carboxylic acids is 1. The van der Waals surface area contributed by atoms with Gasteiger partial charge in [0.2, 0.25) is 0 Å². The maximum Gasteiger partial charge on any atom is 0.416 e. The van der Waals surface area contributed by atoms with Crippen LogP contribution in [0.2, 0.25) is 0 Å². The first-order valence-electron chi connectivity index (χ1n) is 9.27. The number of ether oxygens (including phenoxy) is 1. The van der Waals surface area contributed by atoms with Gasteiger partial charge in [-0.1, -0.05) is 0 Å². The molecule has 5 nitrogen and oxygen atoms in total. The fraction of sp³-hybridized carbons (Fsp3) is 0.0909. The van der Waals surface area contributed by atoms with Gasteiger partial charge in [0.05, 0.1) is 26.5 Å². The zero-order chi connectivity index (χ0) is 22.9. The molecule has 0 fully saturated rings. The lowest BCUT2D eigenvalue weighted by Crippen LogP contribution is -2.20. The molecule has 1 aromatic heterocycles. The summed E-state index contributed by atoms with van der Waals surface area (Å²) in [7, 11) is 0. The highest BCUT2D eigenvalue weighted by molar-refractivity contribution is 7.18. The average Bonchev–Trinajstić information content (AvgIpc) is 3.09. The largest absolute Gasteiger partial charge is 0.457 e. The number of nitrogens with one attached hydrogen (secondary N) is 2. The minimum Gasteiger partial charge on any atom is -0.457 e. The predicted molar refractivity (Wildman–Crippen MR) is 115 cm³/mol. The van der Waals surface area contributed by atoms with Crippen LogP contribution in [0.1, 0.15) is 10.6 Å². The first kappa shape index (κ1) is 21.6. The summed E-state index contributed by atoms with van der Waals surface area (Å²) in [6.45, 7) is 1.93. The van der Waals surface area contributed by atoms with Crippen LogP contribution in [-0.2, 0) is 6.18 Å². The van der Waals surface area contributed by atoms with Crippen LogP contribution in [0.15, 0.2) is 60.7 Å². The normalized spacial score (nSPS) is 11.4. The molecular formula is C22H15F4N3O2S. The lowest BCUT2D eigenvalue weighted by molar-refractivity contribution is -0.137. The van der Waals surface area contributed by atoms with E-state index in [9.17, 15) is 22.4 Å². The van der Waals surface area contributed by atoms with Crippen molar-refractivity contribution in [2.24, 2.45) is 0 Å². The number of anilines is 2. The third-order valence-corrected chi connectivity index (χ3v) is 5.31. The molecule has 0 aliphatic carbocycles. The highest BCUT2D eigenvalue weighted by Crippen LogP contribution is 2.32. The first-order valence-corrected chi connectivity index (χ1v) is 10.1. The maximum atomic E-state index is 13.8. The summed E-state index contributed by atoms with van der Waals surface area (Å²) < 4.78 is 59.0. The van der Waals surface area contributed by atoms with Gasteiger partial charge < -0.3 is 15.4 Å². The Morgan fingerprint density at radius 3 is 2.41 bits per heavy atom. The molecular weight excluding hydrogens is 446 g/mol. The molecule has 0 saturated heterocycles. The van der Waals surface area contributed by atoms with Crippen LogP contribution in [0.3, 0.4) is 0 Å². The van der Waals surface area contributed by atoms with Crippen LogP contribution in [0.5, 0.6) is 11.5 Å². The van der Waals surface area contributed by atoms with Crippen LogP contribution in [0, 0.1) is 12.7 Å². The van der Waals surface area contributed by atoms with Gasteiger partial charge in [0.1, 0.15) is 17.3 Å². The number of aryl methyl sites for hydroxylation is 1. The molecule has 0 aliphatic rings. The van der Waals surface area contributed by atoms with Gasteiger partial charge in [0.25, 0.3) is 0 Å². The number of alkyl halides is 3. The van der Waals surface area contributed by atoms with Gasteiger partial charge in [-0.25, -0.2) is 14.2 Å². The standard InChI is InChI=1S/C22H15F4N3O2S/c1-12-27-19-11-16(7-9-20(19)32-12)31-15-5-3-14(4-6-15)28-21(30)29-18-10-13(22(24,25)26)2-8-17(18)23/h2-11H,1H3,(H2,28,29,30). The van der Waals surface area contributed by atoms with Crippen LogP contribution in [0.4, 0.5) is 33.7 Å². The molecule has 0 aliphatic heterocycles. The number of carbonyl (C=O) groups is 1. The van der Waals surface area contributed by atoms with E-state index in [1.54, 1.807) is 35.6 Å². The number of fused-ring (bicyclic) bond motifs is 1. The molecule has 0 spiro atoms. The molecule has 32 heavy (non-hydrogen) atoms. The van der Waals surface area contributed by atoms with Crippen molar-refractivity contribution in [3.8, 4) is 11.5 Å². The maximum absolute atomic E-state index is 13.8. The summed E-state index contributed by atoms with van der Waals surface area (Å²) in [5.41, 5.74) is -0.471. The molecule has 1 heterocycles. The van der Waals surface area contributed by atoms with Crippen LogP contribution < -0.4 is 15.4 Å². The topological polar surface area (TPSA) is 63.2 Å². The van der Waals surface area contributed by atoms with Gasteiger partial charge in [0, 0.05) is 11.8 Å². The lowest BCUT2D eigenvalue weighted by Gasteiger charge is -2.12. The van der Waals surface area contributed by atoms with E-state index in [1.807, 2.05) is 25.1 Å². The van der Waals surface area contributed by atoms with Crippen molar-refractivity contribution in [1.29, 1.82) is 0 Å². The van der Waals surface area contributed by atoms with Crippen molar-refractivity contribution in [1.82, 2.24) is 4.98 Å². The molecule has 0 radical (unpaired) electrons. The fourth-order valence-electron chi connectivity index (χ4n) is 2.91. The van der Waals surface area contributed by atoms with Crippen molar-refractivity contribution in [2.75, 3.05) is 10.6 Å². The molecule has 4 rings (SSSR count). The van der Waals surface area contributed by atoms with E-state index in [4.69, 9.17) is 4.74 Å². The molecule has 0 unspecified atom stereocenters. The highest BCUT2D eigenvalue weighted by atomic mass is 32.1. The van der Waals surface area contributed by atoms with Gasteiger partial charge in [0.15, 0.2) is 0 Å². The van der Waals surface area contributed by atoms with E-state index >= 15 is 0 Å². The van der Waals surface area contributed by atoms with E-state index in [0.29, 0.717) is 35.4 Å². The smallest absolute Gasteiger partial charge is 0.416 e. The summed E-state index contributed by atoms with van der Waals surface area (Å²) in [5, 5.41) is 5.47. The molecule has 0 saturated carbocycles. The number of benzene rings is 3. The second-order valence-corrected chi connectivity index (χ2v) is 8.00. The summed E-state index contributed by atoms with van der Waals surface area (Å²) in [6, 6.07) is 12.8. The van der Waals surface area contributed by atoms with E-state index in [2.05, 4.69) is 15.6 Å². The Bertz CT molecular complexity index is 1290. The van der Waals surface area contributed by atoms with E-state index < -0.39 is 29.3 Å². The van der Waals surface area contributed by atoms with E-state index in [-0.39, 0.29) is 0 Å². The number of thiazole rings is 1. The minimum atomic E-state index is -4.65. The fourth-order valence-corrected chi connectivity index (χ4v) is 3.72. The molecule has 3 aromatic carbocycles.